The Morgan fingerprint density at radius 2 is 1.77 bits per heavy atom. The second-order valence-corrected chi connectivity index (χ2v) is 17.8. The largest absolute Gasteiger partial charge is 0.478 e. The smallest absolute Gasteiger partial charge is 0.293 e. The number of imide groups is 2. The van der Waals surface area contributed by atoms with Crippen molar-refractivity contribution in [1.29, 1.82) is 0 Å². The topological polar surface area (TPSA) is 191 Å². The van der Waals surface area contributed by atoms with Crippen molar-refractivity contribution in [1.82, 2.24) is 35.0 Å². The minimum atomic E-state index is -0.991. The van der Waals surface area contributed by atoms with Crippen molar-refractivity contribution in [2.24, 2.45) is 11.3 Å². The summed E-state index contributed by atoms with van der Waals surface area (Å²) in [7, 11) is 1.51. The Kier molecular flexibility index (Phi) is 10.9. The number of hydrogen-bond donors (Lipinski definition) is 3. The van der Waals surface area contributed by atoms with Crippen LogP contribution in [0, 0.1) is 11.3 Å². The fourth-order valence-electron chi connectivity index (χ4n) is 9.84. The van der Waals surface area contributed by atoms with E-state index in [9.17, 15) is 28.8 Å². The van der Waals surface area contributed by atoms with Crippen molar-refractivity contribution in [3.8, 4) is 5.75 Å². The average molecular weight is 865 g/mol. The summed E-state index contributed by atoms with van der Waals surface area (Å²) in [5, 5.41) is 9.23. The molecular formula is C44H49ClN10O7. The van der Waals surface area contributed by atoms with Crippen molar-refractivity contribution in [2.45, 2.75) is 58.0 Å². The zero-order valence-corrected chi connectivity index (χ0v) is 35.7. The summed E-state index contributed by atoms with van der Waals surface area (Å²) in [6, 6.07) is 11.5. The molecule has 4 fully saturated rings. The van der Waals surface area contributed by atoms with E-state index in [2.05, 4.69) is 35.6 Å². The van der Waals surface area contributed by atoms with Crippen molar-refractivity contribution in [3.05, 3.63) is 75.2 Å². The van der Waals surface area contributed by atoms with Crippen molar-refractivity contribution < 1.29 is 28.7 Å². The van der Waals surface area contributed by atoms with Gasteiger partial charge >= 0.3 is 0 Å². The number of fused-ring (bicyclic) bond motifs is 2. The van der Waals surface area contributed by atoms with E-state index in [0.29, 0.717) is 39.5 Å². The molecule has 1 atom stereocenters. The lowest BCUT2D eigenvalue weighted by atomic mass is 9.78. The van der Waals surface area contributed by atoms with Crippen LogP contribution in [0.2, 0.25) is 5.02 Å². The van der Waals surface area contributed by atoms with E-state index in [1.54, 1.807) is 29.0 Å². The number of nitrogens with zero attached hydrogens (tertiary/aromatic N) is 7. The standard InChI is InChI=1S/C44H49ClN10O7/c1-25(2)54-31-8-7-28(17-27(31)18-34(41(54)60)62-21-36(57)46-3)48-38-30(45)19-47-43(50-38)53-16-13-44(24-53)22-51(23-44)20-26-11-14-52(15-12-26)32-6-4-5-29-37(32)42(61)55(40(29)59)33-9-10-35(56)49-39(33)58/h4-8,17-19,25-26,33H,9-16,20-24H2,1-3H3,(H,46,57)(H,47,48,50)(H,49,56,58). The van der Waals surface area contributed by atoms with Crippen LogP contribution in [0.15, 0.2) is 53.5 Å². The van der Waals surface area contributed by atoms with Gasteiger partial charge in [-0.3, -0.25) is 39.0 Å². The van der Waals surface area contributed by atoms with Gasteiger partial charge in [-0.15, -0.1) is 0 Å². The van der Waals surface area contributed by atoms with Gasteiger partial charge in [0.15, 0.2) is 18.2 Å². The molecular weight excluding hydrogens is 816 g/mol. The SMILES string of the molecule is CNC(=O)COc1cc2cc(Nc3nc(N4CCC5(CN(CC6CCN(c7cccc8c7C(=O)N(C7CCC(=O)NC7=O)C8=O)CC6)C5)C4)ncc3Cl)ccc2n(C(C)C)c1=O. The quantitative estimate of drug-likeness (QED) is 0.185. The highest BCUT2D eigenvalue weighted by atomic mass is 35.5. The van der Waals surface area contributed by atoms with Crippen LogP contribution in [0.3, 0.4) is 0 Å². The minimum absolute atomic E-state index is 0.0826. The maximum atomic E-state index is 13.7. The number of halogens is 1. The molecule has 18 heteroatoms. The summed E-state index contributed by atoms with van der Waals surface area (Å²) in [5.74, 6) is -0.651. The number of nitrogens with one attached hydrogen (secondary N) is 3. The van der Waals surface area contributed by atoms with Crippen LogP contribution in [0.5, 0.6) is 5.75 Å². The second-order valence-electron chi connectivity index (χ2n) is 17.4. The van der Waals surface area contributed by atoms with E-state index in [-0.39, 0.29) is 48.1 Å². The lowest BCUT2D eigenvalue weighted by Crippen LogP contribution is -2.59. The summed E-state index contributed by atoms with van der Waals surface area (Å²) in [6.07, 6.45) is 4.76. The Morgan fingerprint density at radius 1 is 0.984 bits per heavy atom. The normalized spacial score (nSPS) is 20.3. The molecule has 9 rings (SSSR count). The third kappa shape index (κ3) is 7.61. The molecule has 17 nitrogen and oxygen atoms in total. The number of likely N-dealkylation sites (N-methyl/N-ethyl adjacent to an activating group) is 1. The van der Waals surface area contributed by atoms with Gasteiger partial charge in [-0.1, -0.05) is 17.7 Å². The number of carbonyl (C=O) groups excluding carboxylic acids is 5. The van der Waals surface area contributed by atoms with Gasteiger partial charge in [0.25, 0.3) is 23.3 Å². The Balaban J connectivity index is 0.800. The minimum Gasteiger partial charge on any atom is -0.478 e. The molecule has 3 N–H and O–H groups in total. The Bertz CT molecular complexity index is 2570. The number of amides is 5. The molecule has 0 bridgehead atoms. The van der Waals surface area contributed by atoms with Gasteiger partial charge in [-0.25, -0.2) is 4.98 Å². The predicted octanol–water partition coefficient (Wildman–Crippen LogP) is 3.72. The molecule has 0 saturated carbocycles. The van der Waals surface area contributed by atoms with E-state index >= 15 is 0 Å². The van der Waals surface area contributed by atoms with Crippen molar-refractivity contribution >= 4 is 75.2 Å². The molecule has 62 heavy (non-hydrogen) atoms. The monoisotopic (exact) mass is 864 g/mol. The molecule has 7 heterocycles. The number of piperidine rings is 2. The number of carbonyl (C=O) groups is 5. The van der Waals surface area contributed by atoms with Gasteiger partial charge in [-0.05, 0) is 81.8 Å². The van der Waals surface area contributed by atoms with Crippen LogP contribution >= 0.6 is 11.6 Å². The predicted molar refractivity (Wildman–Crippen MR) is 232 cm³/mol. The molecule has 2 aromatic carbocycles. The third-order valence-electron chi connectivity index (χ3n) is 12.9. The molecule has 5 aliphatic rings. The summed E-state index contributed by atoms with van der Waals surface area (Å²) in [6.45, 7) is 9.73. The molecule has 2 aromatic heterocycles. The van der Waals surface area contributed by atoms with Gasteiger partial charge in [-0.2, -0.15) is 4.98 Å². The van der Waals surface area contributed by atoms with Crippen molar-refractivity contribution in [2.75, 3.05) is 74.6 Å². The molecule has 0 aliphatic carbocycles. The first-order valence-corrected chi connectivity index (χ1v) is 21.6. The first-order valence-electron chi connectivity index (χ1n) is 21.2. The van der Waals surface area contributed by atoms with E-state index in [4.69, 9.17) is 21.3 Å². The van der Waals surface area contributed by atoms with Crippen LogP contribution in [0.25, 0.3) is 10.9 Å². The number of benzene rings is 2. The molecule has 1 spiro atoms. The number of anilines is 4. The van der Waals surface area contributed by atoms with E-state index < -0.39 is 29.7 Å². The van der Waals surface area contributed by atoms with E-state index in [1.807, 2.05) is 38.1 Å². The van der Waals surface area contributed by atoms with Gasteiger partial charge in [0.2, 0.25) is 17.8 Å². The highest BCUT2D eigenvalue weighted by Gasteiger charge is 2.49. The number of rotatable bonds is 11. The van der Waals surface area contributed by atoms with E-state index in [1.165, 1.54) is 7.05 Å². The van der Waals surface area contributed by atoms with Crippen LogP contribution in [0.4, 0.5) is 23.1 Å². The number of aromatic nitrogens is 3. The number of pyridine rings is 1. The van der Waals surface area contributed by atoms with Crippen LogP contribution < -0.4 is 36.0 Å². The molecule has 1 unspecified atom stereocenters. The lowest BCUT2D eigenvalue weighted by molar-refractivity contribution is -0.136. The van der Waals surface area contributed by atoms with E-state index in [0.717, 1.165) is 86.6 Å². The first-order chi connectivity index (χ1) is 29.8. The lowest BCUT2D eigenvalue weighted by Gasteiger charge is -2.50. The molecule has 324 valence electrons. The number of ether oxygens (including phenoxy) is 1. The zero-order valence-electron chi connectivity index (χ0n) is 34.9. The summed E-state index contributed by atoms with van der Waals surface area (Å²) < 4.78 is 7.27. The van der Waals surface area contributed by atoms with Crippen molar-refractivity contribution in [3.63, 3.8) is 0 Å². The van der Waals surface area contributed by atoms with Gasteiger partial charge < -0.3 is 34.6 Å². The highest BCUT2D eigenvalue weighted by molar-refractivity contribution is 6.33. The third-order valence-corrected chi connectivity index (χ3v) is 13.2. The summed E-state index contributed by atoms with van der Waals surface area (Å²) in [5.41, 5.74) is 2.66. The van der Waals surface area contributed by atoms with Gasteiger partial charge in [0, 0.05) is 81.8 Å². The zero-order chi connectivity index (χ0) is 43.4. The van der Waals surface area contributed by atoms with Gasteiger partial charge in [0.05, 0.1) is 28.5 Å². The number of likely N-dealkylation sites (tertiary alicyclic amines) is 1. The maximum Gasteiger partial charge on any atom is 0.293 e. The molecule has 4 aromatic rings. The fraction of sp³-hybridized carbons (Fsp3) is 0.455. The van der Waals surface area contributed by atoms with Crippen LogP contribution in [-0.2, 0) is 14.4 Å². The Morgan fingerprint density at radius 3 is 2.52 bits per heavy atom. The average Bonchev–Trinajstić information content (AvgIpc) is 3.80. The number of hydrogen-bond acceptors (Lipinski definition) is 13. The second kappa shape index (κ2) is 16.3. The molecule has 4 saturated heterocycles. The Hall–Kier alpha value is -6.07. The summed E-state index contributed by atoms with van der Waals surface area (Å²) >= 11 is 6.63. The van der Waals surface area contributed by atoms with Crippen LogP contribution in [0.1, 0.15) is 72.7 Å². The first kappa shape index (κ1) is 41.3. The summed E-state index contributed by atoms with van der Waals surface area (Å²) in [4.78, 5) is 93.9. The molecule has 0 radical (unpaired) electrons. The molecule has 5 aliphatic heterocycles. The van der Waals surface area contributed by atoms with Gasteiger partial charge in [0.1, 0.15) is 11.1 Å². The maximum absolute atomic E-state index is 13.7. The fourth-order valence-corrected chi connectivity index (χ4v) is 9.98. The Labute approximate surface area is 362 Å². The van der Waals surface area contributed by atoms with Crippen LogP contribution in [-0.4, -0.2) is 119 Å². The molecule has 5 amide bonds. The highest BCUT2D eigenvalue weighted by Crippen LogP contribution is 2.42.